The van der Waals surface area contributed by atoms with E-state index in [1.54, 1.807) is 6.07 Å². The highest BCUT2D eigenvalue weighted by molar-refractivity contribution is 5.04. The van der Waals surface area contributed by atoms with Crippen molar-refractivity contribution in [2.24, 2.45) is 5.92 Å². The first-order chi connectivity index (χ1) is 7.61. The summed E-state index contributed by atoms with van der Waals surface area (Å²) in [6.07, 6.45) is 0.997. The molecule has 0 spiro atoms. The highest BCUT2D eigenvalue weighted by atomic mass is 16.1. The van der Waals surface area contributed by atoms with E-state index in [2.05, 4.69) is 19.2 Å². The minimum atomic E-state index is 0.101. The van der Waals surface area contributed by atoms with E-state index in [0.717, 1.165) is 31.7 Å². The SMILES string of the molecule is Cc1cccc(=O)n1CCCNCC(C)C. The molecule has 0 aliphatic heterocycles. The molecule has 1 N–H and O–H groups in total. The van der Waals surface area contributed by atoms with Gasteiger partial charge in [0.1, 0.15) is 0 Å². The maximum absolute atomic E-state index is 11.6. The number of aromatic nitrogens is 1. The number of pyridine rings is 1. The molecule has 1 heterocycles. The topological polar surface area (TPSA) is 34.0 Å². The summed E-state index contributed by atoms with van der Waals surface area (Å²) in [6.45, 7) is 9.18. The Morgan fingerprint density at radius 1 is 1.38 bits per heavy atom. The van der Waals surface area contributed by atoms with Crippen LogP contribution in [0.3, 0.4) is 0 Å². The van der Waals surface area contributed by atoms with Gasteiger partial charge in [-0.3, -0.25) is 4.79 Å². The number of nitrogens with zero attached hydrogens (tertiary/aromatic N) is 1. The normalized spacial score (nSPS) is 11.0. The Kier molecular flexibility index (Phi) is 5.26. The Labute approximate surface area is 97.5 Å². The number of rotatable bonds is 6. The smallest absolute Gasteiger partial charge is 0.250 e. The molecule has 3 nitrogen and oxygen atoms in total. The lowest BCUT2D eigenvalue weighted by Gasteiger charge is -2.10. The summed E-state index contributed by atoms with van der Waals surface area (Å²) in [5, 5.41) is 3.38. The summed E-state index contributed by atoms with van der Waals surface area (Å²) in [4.78, 5) is 11.6. The fourth-order valence-electron chi connectivity index (χ4n) is 1.66. The summed E-state index contributed by atoms with van der Waals surface area (Å²) < 4.78 is 1.83. The molecule has 0 unspecified atom stereocenters. The molecule has 1 rings (SSSR count). The molecule has 0 amide bonds. The average Bonchev–Trinajstić information content (AvgIpc) is 2.21. The van der Waals surface area contributed by atoms with Gasteiger partial charge < -0.3 is 9.88 Å². The van der Waals surface area contributed by atoms with Crippen molar-refractivity contribution in [1.29, 1.82) is 0 Å². The van der Waals surface area contributed by atoms with Crippen LogP contribution in [0.4, 0.5) is 0 Å². The van der Waals surface area contributed by atoms with Gasteiger partial charge in [-0.25, -0.2) is 0 Å². The van der Waals surface area contributed by atoms with Crippen molar-refractivity contribution in [3.8, 4) is 0 Å². The molecule has 3 heteroatoms. The van der Waals surface area contributed by atoms with Gasteiger partial charge >= 0.3 is 0 Å². The van der Waals surface area contributed by atoms with E-state index in [-0.39, 0.29) is 5.56 Å². The summed E-state index contributed by atoms with van der Waals surface area (Å²) in [6, 6.07) is 5.41. The van der Waals surface area contributed by atoms with Gasteiger partial charge in [-0.2, -0.15) is 0 Å². The van der Waals surface area contributed by atoms with Crippen molar-refractivity contribution < 1.29 is 0 Å². The van der Waals surface area contributed by atoms with E-state index in [4.69, 9.17) is 0 Å². The monoisotopic (exact) mass is 222 g/mol. The van der Waals surface area contributed by atoms with Gasteiger partial charge in [-0.15, -0.1) is 0 Å². The van der Waals surface area contributed by atoms with Crippen molar-refractivity contribution in [3.05, 3.63) is 34.2 Å². The Morgan fingerprint density at radius 3 is 2.75 bits per heavy atom. The first-order valence-corrected chi connectivity index (χ1v) is 5.98. The number of hydrogen-bond acceptors (Lipinski definition) is 2. The van der Waals surface area contributed by atoms with Crippen LogP contribution < -0.4 is 10.9 Å². The van der Waals surface area contributed by atoms with Crippen LogP contribution >= 0.6 is 0 Å². The van der Waals surface area contributed by atoms with Crippen molar-refractivity contribution in [2.75, 3.05) is 13.1 Å². The molecule has 0 aliphatic carbocycles. The summed E-state index contributed by atoms with van der Waals surface area (Å²) in [5.74, 6) is 0.682. The molecule has 0 saturated carbocycles. The van der Waals surface area contributed by atoms with Crippen LogP contribution in [0.2, 0.25) is 0 Å². The van der Waals surface area contributed by atoms with Gasteiger partial charge in [0.05, 0.1) is 0 Å². The fourth-order valence-corrected chi connectivity index (χ4v) is 1.66. The maximum Gasteiger partial charge on any atom is 0.250 e. The molecule has 0 saturated heterocycles. The molecular weight excluding hydrogens is 200 g/mol. The van der Waals surface area contributed by atoms with E-state index in [0.29, 0.717) is 5.92 Å². The van der Waals surface area contributed by atoms with E-state index >= 15 is 0 Å². The van der Waals surface area contributed by atoms with E-state index in [1.165, 1.54) is 0 Å². The Balaban J connectivity index is 2.35. The Hall–Kier alpha value is -1.09. The van der Waals surface area contributed by atoms with Gasteiger partial charge in [0, 0.05) is 18.3 Å². The van der Waals surface area contributed by atoms with E-state index in [1.807, 2.05) is 23.6 Å². The summed E-state index contributed by atoms with van der Waals surface area (Å²) in [7, 11) is 0. The first kappa shape index (κ1) is 13.0. The predicted octanol–water partition coefficient (Wildman–Crippen LogP) is 1.79. The lowest BCUT2D eigenvalue weighted by Crippen LogP contribution is -2.25. The quantitative estimate of drug-likeness (QED) is 0.745. The number of aryl methyl sites for hydroxylation is 1. The second kappa shape index (κ2) is 6.48. The lowest BCUT2D eigenvalue weighted by atomic mass is 10.2. The van der Waals surface area contributed by atoms with Crippen LogP contribution in [-0.2, 0) is 6.54 Å². The zero-order chi connectivity index (χ0) is 12.0. The summed E-state index contributed by atoms with van der Waals surface area (Å²) >= 11 is 0. The van der Waals surface area contributed by atoms with Crippen LogP contribution in [0.1, 0.15) is 26.0 Å². The average molecular weight is 222 g/mol. The van der Waals surface area contributed by atoms with Crippen molar-refractivity contribution in [1.82, 2.24) is 9.88 Å². The minimum Gasteiger partial charge on any atom is -0.316 e. The zero-order valence-electron chi connectivity index (χ0n) is 10.5. The third kappa shape index (κ3) is 4.19. The van der Waals surface area contributed by atoms with Gasteiger partial charge in [0.2, 0.25) is 0 Å². The minimum absolute atomic E-state index is 0.101. The van der Waals surface area contributed by atoms with Crippen LogP contribution in [0.5, 0.6) is 0 Å². The third-order valence-electron chi connectivity index (χ3n) is 2.56. The van der Waals surface area contributed by atoms with Gasteiger partial charge in [-0.05, 0) is 38.4 Å². The van der Waals surface area contributed by atoms with Gasteiger partial charge in [0.15, 0.2) is 0 Å². The van der Waals surface area contributed by atoms with E-state index < -0.39 is 0 Å². The highest BCUT2D eigenvalue weighted by Gasteiger charge is 1.98. The van der Waals surface area contributed by atoms with Gasteiger partial charge in [-0.1, -0.05) is 19.9 Å². The Bertz CT molecular complexity index is 368. The van der Waals surface area contributed by atoms with Gasteiger partial charge in [0.25, 0.3) is 5.56 Å². The maximum atomic E-state index is 11.6. The Morgan fingerprint density at radius 2 is 2.12 bits per heavy atom. The number of hydrogen-bond donors (Lipinski definition) is 1. The second-order valence-corrected chi connectivity index (χ2v) is 4.61. The molecule has 0 fully saturated rings. The summed E-state index contributed by atoms with van der Waals surface area (Å²) in [5.41, 5.74) is 1.14. The molecule has 0 radical (unpaired) electrons. The van der Waals surface area contributed by atoms with Crippen LogP contribution in [0.15, 0.2) is 23.0 Å². The van der Waals surface area contributed by atoms with Crippen molar-refractivity contribution in [2.45, 2.75) is 33.7 Å². The first-order valence-electron chi connectivity index (χ1n) is 5.98. The molecule has 16 heavy (non-hydrogen) atoms. The third-order valence-corrected chi connectivity index (χ3v) is 2.56. The largest absolute Gasteiger partial charge is 0.316 e. The molecule has 1 aromatic heterocycles. The van der Waals surface area contributed by atoms with Crippen LogP contribution in [-0.4, -0.2) is 17.7 Å². The van der Waals surface area contributed by atoms with Crippen molar-refractivity contribution in [3.63, 3.8) is 0 Å². The molecule has 0 bridgehead atoms. The predicted molar refractivity (Wildman–Crippen MR) is 67.8 cm³/mol. The molecule has 0 atom stereocenters. The van der Waals surface area contributed by atoms with Crippen LogP contribution in [0, 0.1) is 12.8 Å². The molecule has 0 aromatic carbocycles. The lowest BCUT2D eigenvalue weighted by molar-refractivity contribution is 0.514. The standard InChI is InChI=1S/C13H22N2O/c1-11(2)10-14-8-5-9-15-12(3)6-4-7-13(15)16/h4,6-7,11,14H,5,8-10H2,1-3H3. The zero-order valence-corrected chi connectivity index (χ0v) is 10.5. The second-order valence-electron chi connectivity index (χ2n) is 4.61. The van der Waals surface area contributed by atoms with Crippen LogP contribution in [0.25, 0.3) is 0 Å². The van der Waals surface area contributed by atoms with E-state index in [9.17, 15) is 4.79 Å². The van der Waals surface area contributed by atoms with Crippen molar-refractivity contribution >= 4 is 0 Å². The fraction of sp³-hybridized carbons (Fsp3) is 0.615. The molecule has 0 aliphatic rings. The highest BCUT2D eigenvalue weighted by Crippen LogP contribution is 1.95. The molecule has 90 valence electrons. The molecule has 1 aromatic rings. The molecular formula is C13H22N2O. The number of nitrogens with one attached hydrogen (secondary N) is 1.